The van der Waals surface area contributed by atoms with E-state index in [9.17, 15) is 58.2 Å². The summed E-state index contributed by atoms with van der Waals surface area (Å²) in [5.41, 5.74) is 2.54. The topological polar surface area (TPSA) is 230 Å². The first-order valence-electron chi connectivity index (χ1n) is 41.6. The van der Waals surface area contributed by atoms with E-state index in [2.05, 4.69) is 95.2 Å². The van der Waals surface area contributed by atoms with Crippen molar-refractivity contribution in [3.8, 4) is 0 Å². The maximum atomic E-state index is 12.8. The van der Waals surface area contributed by atoms with Crippen molar-refractivity contribution in [2.75, 3.05) is 0 Å². The molecule has 0 unspecified atom stereocenters. The van der Waals surface area contributed by atoms with Gasteiger partial charge >= 0.3 is 11.9 Å². The van der Waals surface area contributed by atoms with Gasteiger partial charge in [0.25, 0.3) is 0 Å². The van der Waals surface area contributed by atoms with Crippen LogP contribution in [0.1, 0.15) is 292 Å². The number of allylic oxidation sites excluding steroid dienone is 10. The van der Waals surface area contributed by atoms with Gasteiger partial charge in [0.15, 0.2) is 57.5 Å². The zero-order valence-corrected chi connectivity index (χ0v) is 67.7. The number of rotatable bonds is 6. The number of ketones is 8. The molecule has 0 aromatic carbocycles. The van der Waals surface area contributed by atoms with E-state index < -0.39 is 22.4 Å². The highest BCUT2D eigenvalue weighted by atomic mass is 16.6. The second-order valence-electron chi connectivity index (χ2n) is 39.9. The van der Waals surface area contributed by atoms with E-state index >= 15 is 0 Å². The molecule has 14 nitrogen and oxygen atoms in total. The summed E-state index contributed by atoms with van der Waals surface area (Å²) in [5, 5.41) is 22.4. The second-order valence-corrected chi connectivity index (χ2v) is 39.9. The van der Waals surface area contributed by atoms with E-state index in [1.807, 2.05) is 24.3 Å². The van der Waals surface area contributed by atoms with Crippen molar-refractivity contribution in [1.29, 1.82) is 0 Å². The third-order valence-electron chi connectivity index (χ3n) is 35.7. The molecule has 16 rings (SSSR count). The molecule has 0 heterocycles. The number of esters is 2. The predicted octanol–water partition coefficient (Wildman–Crippen LogP) is 17.3. The molecule has 0 aromatic rings. The number of hydrogen-bond donors (Lipinski definition) is 2. The lowest BCUT2D eigenvalue weighted by Crippen LogP contribution is -2.59. The summed E-state index contributed by atoms with van der Waals surface area (Å²) in [6.07, 6.45) is 35.0. The average molecular weight is 1460 g/mol. The van der Waals surface area contributed by atoms with E-state index in [0.29, 0.717) is 140 Å². The quantitative estimate of drug-likeness (QED) is 0.236. The fourth-order valence-corrected chi connectivity index (χ4v) is 30.1. The summed E-state index contributed by atoms with van der Waals surface area (Å²) in [7, 11) is 0. The highest BCUT2D eigenvalue weighted by molar-refractivity contribution is 5.95. The summed E-state index contributed by atoms with van der Waals surface area (Å²) >= 11 is 0. The summed E-state index contributed by atoms with van der Waals surface area (Å²) in [6, 6.07) is 0. The molecule has 0 saturated heterocycles. The van der Waals surface area contributed by atoms with E-state index in [0.717, 1.165) is 116 Å². The van der Waals surface area contributed by atoms with Crippen molar-refractivity contribution in [1.82, 2.24) is 0 Å². The zero-order chi connectivity index (χ0) is 77.4. The molecule has 0 amide bonds. The largest absolute Gasteiger partial charge is 0.451 e. The zero-order valence-electron chi connectivity index (χ0n) is 67.7. The number of ether oxygens (including phenoxy) is 2. The molecule has 14 heteroatoms. The van der Waals surface area contributed by atoms with Crippen molar-refractivity contribution < 1.29 is 67.6 Å². The maximum absolute atomic E-state index is 12.8. The van der Waals surface area contributed by atoms with Gasteiger partial charge in [-0.15, -0.1) is 0 Å². The molecule has 580 valence electrons. The second kappa shape index (κ2) is 26.7. The number of carbonyl (C=O) groups is 10. The van der Waals surface area contributed by atoms with Crippen molar-refractivity contribution in [2.24, 2.45) is 126 Å². The minimum atomic E-state index is -1.16. The Hall–Kier alpha value is -5.34. The summed E-state index contributed by atoms with van der Waals surface area (Å²) in [5.74, 6) is 6.59. The van der Waals surface area contributed by atoms with Crippen molar-refractivity contribution in [3.63, 3.8) is 0 Å². The number of hydrogen-bond acceptors (Lipinski definition) is 14. The molecule has 16 aliphatic rings. The summed E-state index contributed by atoms with van der Waals surface area (Å²) in [6.45, 7) is 36.1. The Balaban J connectivity index is 0.000000125. The average Bonchev–Trinajstić information content (AvgIpc) is 1.49. The number of Topliss-reactive ketones (excluding diaryl/α,β-unsaturated/α-hetero) is 4. The van der Waals surface area contributed by atoms with Crippen LogP contribution in [0.25, 0.3) is 0 Å². The fourth-order valence-electron chi connectivity index (χ4n) is 30.1. The van der Waals surface area contributed by atoms with Gasteiger partial charge in [0.1, 0.15) is 11.2 Å². The Morgan fingerprint density at radius 1 is 0.358 bits per heavy atom. The lowest BCUT2D eigenvalue weighted by molar-refractivity contribution is -0.187. The number of carbonyl (C=O) groups excluding carboxylic acids is 10. The van der Waals surface area contributed by atoms with Gasteiger partial charge in [0.2, 0.25) is 0 Å². The van der Waals surface area contributed by atoms with Crippen LogP contribution in [0.5, 0.6) is 0 Å². The minimum Gasteiger partial charge on any atom is -0.451 e. The molecule has 0 aliphatic heterocycles. The third kappa shape index (κ3) is 11.3. The van der Waals surface area contributed by atoms with Gasteiger partial charge in [-0.05, 0) is 323 Å². The van der Waals surface area contributed by atoms with Gasteiger partial charge < -0.3 is 19.7 Å². The first-order valence-corrected chi connectivity index (χ1v) is 41.6. The van der Waals surface area contributed by atoms with Gasteiger partial charge in [-0.3, -0.25) is 47.9 Å². The smallest absolute Gasteiger partial charge is 0.303 e. The lowest BCUT2D eigenvalue weighted by atomic mass is 9.44. The van der Waals surface area contributed by atoms with Crippen molar-refractivity contribution >= 4 is 58.2 Å². The summed E-state index contributed by atoms with van der Waals surface area (Å²) < 4.78 is 11.7. The SMILES string of the molecule is CC(=O)O[C@]1(C(C)=O)CC[C@H]2[C@@H]3C=C(C)C4=CC(=O)CC[C@]4(C)[C@H]3CC[C@@]21C.CC(=O)O[C@]1(C(C)=O)CC[C@H]2[C@@H]3C[C@H](C)C4=CC(=O)CC[C@]4(C)[C@H]3CC[C@@]21C.CC(=O)[C@@]1(O)CC[C@H]2[C@@H]3C=C(C)C4=CC(=O)CC[C@]4(C)[C@H]3CC[C@@]21C.CC(=O)[C@@]1(O)CC[C@H]2[C@@H]3C[C@H](C)C4=CC(=O)CC[C@]4(C)[C@H]3CC[C@@]21C. The van der Waals surface area contributed by atoms with E-state index in [4.69, 9.17) is 9.47 Å². The molecule has 0 radical (unpaired) electrons. The van der Waals surface area contributed by atoms with Crippen LogP contribution in [0.15, 0.2) is 69.9 Å². The molecule has 16 aliphatic carbocycles. The van der Waals surface area contributed by atoms with Crippen LogP contribution in [0.4, 0.5) is 0 Å². The summed E-state index contributed by atoms with van der Waals surface area (Å²) in [4.78, 5) is 122. The predicted molar refractivity (Wildman–Crippen MR) is 407 cm³/mol. The highest BCUT2D eigenvalue weighted by Gasteiger charge is 2.72. The molecule has 0 spiro atoms. The Morgan fingerprint density at radius 2 is 0.651 bits per heavy atom. The van der Waals surface area contributed by atoms with E-state index in [1.54, 1.807) is 27.7 Å². The number of fused-ring (bicyclic) bond motifs is 20. The fraction of sp³-hybridized carbons (Fsp3) is 0.761. The van der Waals surface area contributed by atoms with Gasteiger partial charge in [0.05, 0.1) is 0 Å². The number of aliphatic hydroxyl groups is 2. The van der Waals surface area contributed by atoms with Crippen LogP contribution in [0.2, 0.25) is 0 Å². The maximum Gasteiger partial charge on any atom is 0.303 e. The first kappa shape index (κ1) is 78.8. The van der Waals surface area contributed by atoms with Gasteiger partial charge in [-0.25, -0.2) is 0 Å². The van der Waals surface area contributed by atoms with Crippen LogP contribution in [0.3, 0.4) is 0 Å². The molecular weight excluding hydrogens is 1330 g/mol. The van der Waals surface area contributed by atoms with E-state index in [-0.39, 0.29) is 95.7 Å². The Labute approximate surface area is 632 Å². The molecule has 106 heavy (non-hydrogen) atoms. The normalized spacial score (nSPS) is 48.1. The molecular formula is C92H128O14. The monoisotopic (exact) mass is 1460 g/mol. The third-order valence-corrected chi connectivity index (χ3v) is 35.7. The Kier molecular flexibility index (Phi) is 19.8. The van der Waals surface area contributed by atoms with Gasteiger partial charge in [-0.1, -0.05) is 104 Å². The van der Waals surface area contributed by atoms with Crippen LogP contribution in [-0.2, 0) is 57.4 Å². The van der Waals surface area contributed by atoms with Crippen molar-refractivity contribution in [3.05, 3.63) is 69.9 Å². The minimum absolute atomic E-state index is 0.00469. The molecule has 10 fully saturated rings. The van der Waals surface area contributed by atoms with Gasteiger partial charge in [-0.2, -0.15) is 0 Å². The van der Waals surface area contributed by atoms with E-state index in [1.165, 1.54) is 47.3 Å². The molecule has 26 atom stereocenters. The van der Waals surface area contributed by atoms with Crippen LogP contribution < -0.4 is 0 Å². The van der Waals surface area contributed by atoms with Crippen LogP contribution in [0, 0.1) is 126 Å². The molecule has 2 N–H and O–H groups in total. The van der Waals surface area contributed by atoms with Gasteiger partial charge in [0, 0.05) is 61.2 Å². The highest BCUT2D eigenvalue weighted by Crippen LogP contribution is 2.74. The van der Waals surface area contributed by atoms with Crippen LogP contribution in [-0.4, -0.2) is 90.8 Å². The first-order chi connectivity index (χ1) is 49.4. The van der Waals surface area contributed by atoms with Crippen LogP contribution >= 0.6 is 0 Å². The Bertz CT molecular complexity index is 3970. The Morgan fingerprint density at radius 3 is 1.03 bits per heavy atom. The lowest BCUT2D eigenvalue weighted by Gasteiger charge is -2.60. The molecule has 0 aromatic heterocycles. The molecule has 0 bridgehead atoms. The standard InChI is InChI=1S/C24H34O4.C24H32O4.C22H32O3.C22H30O3/c2*1-14-12-18-19(22(4)9-6-17(27)13-21(14)22)7-10-23(5)20(18)8-11-24(23,15(2)25)28-16(3)26;2*1-13-11-16-17(20(3)8-5-15(24)12-19(13)20)6-9-21(4)18(16)7-10-22(21,25)14(2)23/h13-14,18-20H,6-12H2,1-5H3;12-13,18-20H,6-11H2,1-5H3;12-13,16-18,25H,5-11H2,1-4H3;11-12,16-18,25H,5-10H2,1-4H3/t14-,18+,19-,20-,22+,23-,24-;18-,19+,20+,22-,23+,24+;13-,16+,17-,18-,20+,21-,22-;16-,17+,18+,20-,21+,22+/m0101/s1. The molecule has 10 saturated carbocycles. The van der Waals surface area contributed by atoms with Crippen molar-refractivity contribution in [2.45, 2.75) is 314 Å².